The van der Waals surface area contributed by atoms with E-state index >= 15 is 0 Å². The average molecular weight is 295 g/mol. The first kappa shape index (κ1) is 14.4. The molecular formula is C18H21N3O. The summed E-state index contributed by atoms with van der Waals surface area (Å²) in [6.07, 6.45) is 8.95. The Hall–Kier alpha value is -2.49. The van der Waals surface area contributed by atoms with Crippen LogP contribution in [0.15, 0.2) is 46.7 Å². The molecule has 0 aromatic carbocycles. The maximum Gasteiger partial charge on any atom is 0.144 e. The van der Waals surface area contributed by atoms with E-state index in [9.17, 15) is 0 Å². The van der Waals surface area contributed by atoms with Crippen molar-refractivity contribution in [3.8, 4) is 17.1 Å². The van der Waals surface area contributed by atoms with Crippen molar-refractivity contribution in [2.45, 2.75) is 20.3 Å². The van der Waals surface area contributed by atoms with Gasteiger partial charge in [0, 0.05) is 18.5 Å². The van der Waals surface area contributed by atoms with Gasteiger partial charge in [-0.05, 0) is 42.2 Å². The van der Waals surface area contributed by atoms with Crippen molar-refractivity contribution < 1.29 is 4.74 Å². The Morgan fingerprint density at radius 3 is 2.86 bits per heavy atom. The molecule has 0 spiro atoms. The van der Waals surface area contributed by atoms with Crippen molar-refractivity contribution in [1.29, 1.82) is 0 Å². The Bertz CT molecular complexity index is 730. The number of hydrogen-bond acceptors (Lipinski definition) is 2. The van der Waals surface area contributed by atoms with Crippen LogP contribution < -0.4 is 4.74 Å². The molecule has 22 heavy (non-hydrogen) atoms. The van der Waals surface area contributed by atoms with Crippen LogP contribution >= 0.6 is 0 Å². The molecule has 0 unspecified atom stereocenters. The maximum atomic E-state index is 5.49. The minimum atomic E-state index is 0.608. The number of aromatic nitrogens is 2. The Morgan fingerprint density at radius 1 is 1.32 bits per heavy atom. The Kier molecular flexibility index (Phi) is 4.00. The summed E-state index contributed by atoms with van der Waals surface area (Å²) in [4.78, 5) is 11.1. The Morgan fingerprint density at radius 2 is 2.18 bits per heavy atom. The number of H-pyrrole nitrogens is 2. The van der Waals surface area contributed by atoms with Crippen LogP contribution in [0.3, 0.4) is 0 Å². The fourth-order valence-electron chi connectivity index (χ4n) is 2.63. The second-order valence-electron chi connectivity index (χ2n) is 5.85. The first-order chi connectivity index (χ1) is 10.7. The predicted octanol–water partition coefficient (Wildman–Crippen LogP) is 4.42. The molecule has 0 radical (unpaired) electrons. The van der Waals surface area contributed by atoms with Gasteiger partial charge in [0.25, 0.3) is 0 Å². The first-order valence-corrected chi connectivity index (χ1v) is 7.53. The highest BCUT2D eigenvalue weighted by Crippen LogP contribution is 2.31. The van der Waals surface area contributed by atoms with E-state index in [4.69, 9.17) is 4.74 Å². The van der Waals surface area contributed by atoms with E-state index in [2.05, 4.69) is 41.0 Å². The van der Waals surface area contributed by atoms with E-state index < -0.39 is 0 Å². The van der Waals surface area contributed by atoms with Crippen molar-refractivity contribution in [2.24, 2.45) is 10.9 Å². The van der Waals surface area contributed by atoms with E-state index in [1.54, 1.807) is 7.11 Å². The van der Waals surface area contributed by atoms with Gasteiger partial charge in [0.1, 0.15) is 5.75 Å². The van der Waals surface area contributed by atoms with Gasteiger partial charge >= 0.3 is 0 Å². The van der Waals surface area contributed by atoms with Crippen LogP contribution in [0.25, 0.3) is 17.5 Å². The number of allylic oxidation sites excluding steroid dienone is 2. The molecule has 0 fully saturated rings. The molecule has 0 aliphatic carbocycles. The molecule has 0 amide bonds. The second kappa shape index (κ2) is 6.10. The molecule has 4 heteroatoms. The number of hydrogen-bond donors (Lipinski definition) is 2. The molecule has 0 bridgehead atoms. The largest absolute Gasteiger partial charge is 0.494 e. The zero-order valence-corrected chi connectivity index (χ0v) is 13.2. The average Bonchev–Trinajstić information content (AvgIpc) is 3.20. The molecule has 4 nitrogen and oxygen atoms in total. The van der Waals surface area contributed by atoms with E-state index in [-0.39, 0.29) is 0 Å². The van der Waals surface area contributed by atoms with Crippen molar-refractivity contribution in [3.63, 3.8) is 0 Å². The normalized spacial score (nSPS) is 15.8. The van der Waals surface area contributed by atoms with E-state index in [1.807, 2.05) is 30.6 Å². The lowest BCUT2D eigenvalue weighted by atomic mass is 10.0. The number of methoxy groups -OCH3 is 1. The third-order valence-electron chi connectivity index (χ3n) is 3.65. The number of aliphatic imine (C=N–C) groups is 1. The molecule has 0 saturated heterocycles. The van der Waals surface area contributed by atoms with Crippen molar-refractivity contribution in [2.75, 3.05) is 7.11 Å². The van der Waals surface area contributed by atoms with E-state index in [0.29, 0.717) is 5.92 Å². The van der Waals surface area contributed by atoms with Gasteiger partial charge in [-0.3, -0.25) is 4.99 Å². The fourth-order valence-corrected chi connectivity index (χ4v) is 2.63. The number of ether oxygens (including phenoxy) is 1. The van der Waals surface area contributed by atoms with Crippen LogP contribution in [0.2, 0.25) is 0 Å². The number of aromatic amines is 2. The highest BCUT2D eigenvalue weighted by molar-refractivity contribution is 5.82. The maximum absolute atomic E-state index is 5.49. The third-order valence-corrected chi connectivity index (χ3v) is 3.65. The molecule has 0 saturated carbocycles. The van der Waals surface area contributed by atoms with Gasteiger partial charge in [-0.2, -0.15) is 0 Å². The summed E-state index contributed by atoms with van der Waals surface area (Å²) in [6, 6.07) is 6.01. The zero-order chi connectivity index (χ0) is 15.5. The van der Waals surface area contributed by atoms with Crippen LogP contribution in [0.4, 0.5) is 0 Å². The van der Waals surface area contributed by atoms with Crippen LogP contribution in [0.5, 0.6) is 5.75 Å². The highest BCUT2D eigenvalue weighted by atomic mass is 16.5. The Balaban J connectivity index is 1.93. The van der Waals surface area contributed by atoms with Gasteiger partial charge in [0.2, 0.25) is 0 Å². The zero-order valence-electron chi connectivity index (χ0n) is 13.2. The van der Waals surface area contributed by atoms with Gasteiger partial charge in [0.15, 0.2) is 0 Å². The molecule has 0 atom stereocenters. The lowest BCUT2D eigenvalue weighted by Gasteiger charge is -2.07. The first-order valence-electron chi connectivity index (χ1n) is 7.53. The summed E-state index contributed by atoms with van der Waals surface area (Å²) < 4.78 is 5.49. The summed E-state index contributed by atoms with van der Waals surface area (Å²) in [6.45, 7) is 4.44. The minimum Gasteiger partial charge on any atom is -0.494 e. The van der Waals surface area contributed by atoms with Crippen molar-refractivity contribution in [1.82, 2.24) is 9.97 Å². The summed E-state index contributed by atoms with van der Waals surface area (Å²) in [7, 11) is 1.69. The molecule has 2 aromatic heterocycles. The van der Waals surface area contributed by atoms with Crippen LogP contribution in [0, 0.1) is 5.92 Å². The second-order valence-corrected chi connectivity index (χ2v) is 5.85. The Labute approximate surface area is 130 Å². The molecule has 1 aliphatic heterocycles. The number of nitrogens with zero attached hydrogens (tertiary/aromatic N) is 1. The van der Waals surface area contributed by atoms with Crippen LogP contribution in [-0.4, -0.2) is 23.3 Å². The molecule has 114 valence electrons. The summed E-state index contributed by atoms with van der Waals surface area (Å²) >= 11 is 0. The number of rotatable bonds is 5. The van der Waals surface area contributed by atoms with Gasteiger partial charge in [-0.25, -0.2) is 0 Å². The summed E-state index contributed by atoms with van der Waals surface area (Å²) in [5.74, 6) is 1.43. The lowest BCUT2D eigenvalue weighted by Crippen LogP contribution is -1.92. The smallest absolute Gasteiger partial charge is 0.144 e. The van der Waals surface area contributed by atoms with Crippen molar-refractivity contribution in [3.05, 3.63) is 47.4 Å². The van der Waals surface area contributed by atoms with E-state index in [1.165, 1.54) is 5.57 Å². The molecule has 1 aliphatic rings. The molecular weight excluding hydrogens is 274 g/mol. The monoisotopic (exact) mass is 295 g/mol. The van der Waals surface area contributed by atoms with Crippen molar-refractivity contribution >= 4 is 12.3 Å². The SMILES string of the molecule is COc1cc(-c2ccc[nH]2)[nH]c1C=C1N=CC=C1CC(C)C. The molecule has 2 N–H and O–H groups in total. The van der Waals surface area contributed by atoms with Gasteiger partial charge in [-0.15, -0.1) is 0 Å². The van der Waals surface area contributed by atoms with Crippen LogP contribution in [0.1, 0.15) is 26.0 Å². The van der Waals surface area contributed by atoms with Gasteiger partial charge in [0.05, 0.1) is 29.9 Å². The summed E-state index contributed by atoms with van der Waals surface area (Å²) in [5.41, 5.74) is 5.26. The minimum absolute atomic E-state index is 0.608. The molecule has 3 heterocycles. The van der Waals surface area contributed by atoms with E-state index in [0.717, 1.165) is 34.9 Å². The quantitative estimate of drug-likeness (QED) is 0.843. The third kappa shape index (κ3) is 2.91. The topological polar surface area (TPSA) is 53.2 Å². The fraction of sp³-hybridized carbons (Fsp3) is 0.278. The van der Waals surface area contributed by atoms with Crippen LogP contribution in [-0.2, 0) is 0 Å². The predicted molar refractivity (Wildman–Crippen MR) is 91.1 cm³/mol. The lowest BCUT2D eigenvalue weighted by molar-refractivity contribution is 0.414. The highest BCUT2D eigenvalue weighted by Gasteiger charge is 2.14. The van der Waals surface area contributed by atoms with Gasteiger partial charge in [-0.1, -0.05) is 13.8 Å². The number of nitrogens with one attached hydrogen (secondary N) is 2. The molecule has 3 rings (SSSR count). The van der Waals surface area contributed by atoms with Gasteiger partial charge < -0.3 is 14.7 Å². The molecule has 2 aromatic rings. The standard InChI is InChI=1S/C18H21N3O/c1-12(2)9-13-6-8-20-15(13)10-17-18(22-3)11-16(21-17)14-5-4-7-19-14/h4-8,10-12,19,21H,9H2,1-3H3. The summed E-state index contributed by atoms with van der Waals surface area (Å²) in [5, 5.41) is 0.